The highest BCUT2D eigenvalue weighted by Gasteiger charge is 2.17. The molecule has 19 heavy (non-hydrogen) atoms. The molecule has 0 amide bonds. The van der Waals surface area contributed by atoms with Crippen LogP contribution in [0.15, 0.2) is 12.3 Å². The molecule has 1 aliphatic rings. The third-order valence-corrected chi connectivity index (χ3v) is 4.35. The van der Waals surface area contributed by atoms with E-state index in [0.717, 1.165) is 30.4 Å². The zero-order valence-electron chi connectivity index (χ0n) is 11.7. The average Bonchev–Trinajstić information content (AvgIpc) is 2.66. The van der Waals surface area contributed by atoms with Crippen molar-refractivity contribution in [1.29, 1.82) is 0 Å². The summed E-state index contributed by atoms with van der Waals surface area (Å²) in [7, 11) is 0. The van der Waals surface area contributed by atoms with E-state index in [4.69, 9.17) is 17.3 Å². The van der Waals surface area contributed by atoms with Crippen molar-refractivity contribution in [3.05, 3.63) is 22.8 Å². The van der Waals surface area contributed by atoms with Crippen molar-refractivity contribution < 1.29 is 0 Å². The minimum atomic E-state index is 0.473. The fraction of sp³-hybridized carbons (Fsp3) is 0.667. The molecular formula is C15H24ClN3. The minimum absolute atomic E-state index is 0.473. The number of hydrogen-bond acceptors (Lipinski definition) is 3. The van der Waals surface area contributed by atoms with Gasteiger partial charge >= 0.3 is 0 Å². The first-order chi connectivity index (χ1) is 9.24. The van der Waals surface area contributed by atoms with E-state index in [9.17, 15) is 0 Å². The van der Waals surface area contributed by atoms with Gasteiger partial charge in [0.05, 0.1) is 5.02 Å². The molecule has 1 saturated heterocycles. The van der Waals surface area contributed by atoms with Crippen LogP contribution in [0.25, 0.3) is 0 Å². The van der Waals surface area contributed by atoms with E-state index in [1.807, 2.05) is 6.07 Å². The third kappa shape index (κ3) is 3.83. The normalized spacial score (nSPS) is 20.4. The second kappa shape index (κ2) is 7.11. The fourth-order valence-corrected chi connectivity index (χ4v) is 3.07. The van der Waals surface area contributed by atoms with Gasteiger partial charge < -0.3 is 10.6 Å². The number of halogens is 1. The van der Waals surface area contributed by atoms with E-state index in [2.05, 4.69) is 16.8 Å². The van der Waals surface area contributed by atoms with Crippen LogP contribution in [0.5, 0.6) is 0 Å². The first kappa shape index (κ1) is 14.6. The SMILES string of the molecule is CCCC1CCCN(c2cc(CN)c(Cl)cn2)CC1. The molecule has 1 aliphatic heterocycles. The lowest BCUT2D eigenvalue weighted by Crippen LogP contribution is -2.25. The maximum atomic E-state index is 6.07. The number of aromatic nitrogens is 1. The molecule has 1 aromatic rings. The molecule has 1 fully saturated rings. The first-order valence-corrected chi connectivity index (χ1v) is 7.71. The number of anilines is 1. The van der Waals surface area contributed by atoms with Crippen LogP contribution in [-0.4, -0.2) is 18.1 Å². The van der Waals surface area contributed by atoms with Gasteiger partial charge in [-0.2, -0.15) is 0 Å². The maximum absolute atomic E-state index is 6.07. The summed E-state index contributed by atoms with van der Waals surface area (Å²) in [5.74, 6) is 1.92. The zero-order chi connectivity index (χ0) is 13.7. The van der Waals surface area contributed by atoms with Crippen molar-refractivity contribution in [2.75, 3.05) is 18.0 Å². The quantitative estimate of drug-likeness (QED) is 0.917. The summed E-state index contributed by atoms with van der Waals surface area (Å²) in [5, 5.41) is 0.671. The van der Waals surface area contributed by atoms with Crippen molar-refractivity contribution in [1.82, 2.24) is 4.98 Å². The van der Waals surface area contributed by atoms with Crippen LogP contribution in [0.4, 0.5) is 5.82 Å². The Morgan fingerprint density at radius 1 is 1.42 bits per heavy atom. The molecule has 0 aliphatic carbocycles. The fourth-order valence-electron chi connectivity index (χ4n) is 2.89. The van der Waals surface area contributed by atoms with Gasteiger partial charge in [0.25, 0.3) is 0 Å². The molecule has 2 N–H and O–H groups in total. The summed E-state index contributed by atoms with van der Waals surface area (Å²) in [6.07, 6.45) is 8.26. The second-order valence-electron chi connectivity index (χ2n) is 5.41. The van der Waals surface area contributed by atoms with Gasteiger partial charge in [0, 0.05) is 25.8 Å². The van der Waals surface area contributed by atoms with Crippen molar-refractivity contribution in [3.8, 4) is 0 Å². The minimum Gasteiger partial charge on any atom is -0.357 e. The van der Waals surface area contributed by atoms with Crippen LogP contribution in [0, 0.1) is 5.92 Å². The molecular weight excluding hydrogens is 258 g/mol. The number of nitrogens with two attached hydrogens (primary N) is 1. The van der Waals surface area contributed by atoms with Crippen molar-refractivity contribution >= 4 is 17.4 Å². The predicted octanol–water partition coefficient (Wildman–Crippen LogP) is 3.60. The van der Waals surface area contributed by atoms with E-state index in [0.29, 0.717) is 11.6 Å². The van der Waals surface area contributed by atoms with E-state index in [1.54, 1.807) is 6.20 Å². The zero-order valence-corrected chi connectivity index (χ0v) is 12.5. The number of pyridine rings is 1. The lowest BCUT2D eigenvalue weighted by Gasteiger charge is -2.22. The Morgan fingerprint density at radius 3 is 3.00 bits per heavy atom. The molecule has 0 bridgehead atoms. The number of nitrogens with zero attached hydrogens (tertiary/aromatic N) is 2. The van der Waals surface area contributed by atoms with Crippen molar-refractivity contribution in [2.45, 2.75) is 45.6 Å². The van der Waals surface area contributed by atoms with Crippen LogP contribution in [0.2, 0.25) is 5.02 Å². The molecule has 2 heterocycles. The predicted molar refractivity (Wildman–Crippen MR) is 81.6 cm³/mol. The molecule has 3 nitrogen and oxygen atoms in total. The van der Waals surface area contributed by atoms with Gasteiger partial charge in [0.1, 0.15) is 5.82 Å². The van der Waals surface area contributed by atoms with Gasteiger partial charge in [-0.3, -0.25) is 0 Å². The average molecular weight is 282 g/mol. The Bertz CT molecular complexity index is 408. The Hall–Kier alpha value is -0.800. The molecule has 4 heteroatoms. The Labute approximate surface area is 121 Å². The lowest BCUT2D eigenvalue weighted by atomic mass is 9.96. The van der Waals surface area contributed by atoms with Gasteiger partial charge in [0.2, 0.25) is 0 Å². The standard InChI is InChI=1S/C15H24ClN3/c1-2-4-12-5-3-7-19(8-6-12)15-9-13(10-17)14(16)11-18-15/h9,11-12H,2-8,10,17H2,1H3. The Kier molecular flexibility index (Phi) is 5.46. The number of rotatable bonds is 4. The summed E-state index contributed by atoms with van der Waals surface area (Å²) < 4.78 is 0. The molecule has 0 saturated carbocycles. The van der Waals surface area contributed by atoms with Crippen LogP contribution in [-0.2, 0) is 6.54 Å². The van der Waals surface area contributed by atoms with E-state index >= 15 is 0 Å². The van der Waals surface area contributed by atoms with E-state index in [-0.39, 0.29) is 0 Å². The van der Waals surface area contributed by atoms with Crippen molar-refractivity contribution in [2.24, 2.45) is 11.7 Å². The molecule has 106 valence electrons. The highest BCUT2D eigenvalue weighted by atomic mass is 35.5. The Balaban J connectivity index is 2.05. The summed E-state index contributed by atoms with van der Waals surface area (Å²) in [5.41, 5.74) is 6.70. The second-order valence-corrected chi connectivity index (χ2v) is 5.82. The van der Waals surface area contributed by atoms with Gasteiger partial charge in [-0.1, -0.05) is 31.4 Å². The Morgan fingerprint density at radius 2 is 2.26 bits per heavy atom. The monoisotopic (exact) mass is 281 g/mol. The van der Waals surface area contributed by atoms with Crippen molar-refractivity contribution in [3.63, 3.8) is 0 Å². The van der Waals surface area contributed by atoms with Gasteiger partial charge in [-0.15, -0.1) is 0 Å². The molecule has 2 rings (SSSR count). The summed E-state index contributed by atoms with van der Waals surface area (Å²) in [4.78, 5) is 6.84. The van der Waals surface area contributed by atoms with Gasteiger partial charge in [0.15, 0.2) is 0 Å². The van der Waals surface area contributed by atoms with E-state index in [1.165, 1.54) is 32.1 Å². The van der Waals surface area contributed by atoms with Crippen LogP contribution < -0.4 is 10.6 Å². The summed E-state index contributed by atoms with van der Waals surface area (Å²) in [6.45, 7) is 4.94. The van der Waals surface area contributed by atoms with E-state index < -0.39 is 0 Å². The summed E-state index contributed by atoms with van der Waals surface area (Å²) >= 11 is 6.07. The molecule has 0 spiro atoms. The van der Waals surface area contributed by atoms with Gasteiger partial charge in [-0.05, 0) is 36.8 Å². The molecule has 1 aromatic heterocycles. The highest BCUT2D eigenvalue weighted by molar-refractivity contribution is 6.31. The molecule has 1 unspecified atom stereocenters. The topological polar surface area (TPSA) is 42.1 Å². The third-order valence-electron chi connectivity index (χ3n) is 4.01. The molecule has 1 atom stereocenters. The smallest absolute Gasteiger partial charge is 0.128 e. The molecule has 0 radical (unpaired) electrons. The largest absolute Gasteiger partial charge is 0.357 e. The first-order valence-electron chi connectivity index (χ1n) is 7.34. The van der Waals surface area contributed by atoms with Crippen LogP contribution in [0.3, 0.4) is 0 Å². The van der Waals surface area contributed by atoms with Crippen LogP contribution in [0.1, 0.15) is 44.6 Å². The summed E-state index contributed by atoms with van der Waals surface area (Å²) in [6, 6.07) is 2.04. The highest BCUT2D eigenvalue weighted by Crippen LogP contribution is 2.26. The number of hydrogen-bond donors (Lipinski definition) is 1. The molecule has 0 aromatic carbocycles. The lowest BCUT2D eigenvalue weighted by molar-refractivity contribution is 0.435. The maximum Gasteiger partial charge on any atom is 0.128 e. The van der Waals surface area contributed by atoms with Crippen LogP contribution >= 0.6 is 11.6 Å². The van der Waals surface area contributed by atoms with Gasteiger partial charge in [-0.25, -0.2) is 4.98 Å².